The van der Waals surface area contributed by atoms with Gasteiger partial charge in [0, 0.05) is 19.6 Å². The highest BCUT2D eigenvalue weighted by Gasteiger charge is 2.19. The van der Waals surface area contributed by atoms with E-state index in [1.165, 1.54) is 5.56 Å². The summed E-state index contributed by atoms with van der Waals surface area (Å²) >= 11 is 1.73. The van der Waals surface area contributed by atoms with E-state index >= 15 is 0 Å². The van der Waals surface area contributed by atoms with Gasteiger partial charge in [-0.1, -0.05) is 0 Å². The molecule has 0 aromatic carbocycles. The van der Waals surface area contributed by atoms with E-state index in [1.807, 2.05) is 0 Å². The van der Waals surface area contributed by atoms with Gasteiger partial charge in [0.25, 0.3) is 0 Å². The van der Waals surface area contributed by atoms with Crippen molar-refractivity contribution in [2.45, 2.75) is 19.1 Å². The third-order valence-corrected chi connectivity index (χ3v) is 2.97. The second kappa shape index (κ2) is 3.56. The molecule has 1 aliphatic heterocycles. The lowest BCUT2D eigenvalue weighted by molar-refractivity contribution is 0.175. The van der Waals surface area contributed by atoms with Gasteiger partial charge in [0.2, 0.25) is 0 Å². The molecule has 3 heteroatoms. The fourth-order valence-electron chi connectivity index (χ4n) is 1.60. The van der Waals surface area contributed by atoms with E-state index in [4.69, 9.17) is 0 Å². The zero-order chi connectivity index (χ0) is 8.39. The lowest BCUT2D eigenvalue weighted by Crippen LogP contribution is -2.21. The highest BCUT2D eigenvalue weighted by Crippen LogP contribution is 2.14. The Bertz CT molecular complexity index is 235. The summed E-state index contributed by atoms with van der Waals surface area (Å²) < 4.78 is 0. The number of rotatable bonds is 2. The van der Waals surface area contributed by atoms with Crippen molar-refractivity contribution in [3.8, 4) is 0 Å². The molecular formula is C9H13NOS. The molecule has 1 aromatic heterocycles. The SMILES string of the molecule is O[C@@H]1CCN(Cc2ccsc2)C1. The standard InChI is InChI=1S/C9H13NOS/c11-9-1-3-10(6-9)5-8-2-4-12-7-8/h2,4,7,9,11H,1,3,5-6H2/t9-/m1/s1. The fourth-order valence-corrected chi connectivity index (χ4v) is 2.26. The van der Waals surface area contributed by atoms with Gasteiger partial charge in [-0.25, -0.2) is 0 Å². The molecule has 1 aliphatic rings. The molecular weight excluding hydrogens is 170 g/mol. The van der Waals surface area contributed by atoms with Crippen molar-refractivity contribution >= 4 is 11.3 Å². The van der Waals surface area contributed by atoms with Crippen molar-refractivity contribution in [3.05, 3.63) is 22.4 Å². The first-order valence-corrected chi connectivity index (χ1v) is 5.20. The highest BCUT2D eigenvalue weighted by molar-refractivity contribution is 7.07. The number of β-amino-alcohol motifs (C(OH)–C–C–N with tert-alkyl or cyclic N) is 1. The highest BCUT2D eigenvalue weighted by atomic mass is 32.1. The van der Waals surface area contributed by atoms with Crippen LogP contribution in [0.2, 0.25) is 0 Å². The molecule has 0 radical (unpaired) electrons. The predicted octanol–water partition coefficient (Wildman–Crippen LogP) is 1.31. The molecule has 1 atom stereocenters. The molecule has 12 heavy (non-hydrogen) atoms. The topological polar surface area (TPSA) is 23.5 Å². The maximum atomic E-state index is 9.29. The van der Waals surface area contributed by atoms with Crippen LogP contribution in [0.4, 0.5) is 0 Å². The molecule has 0 bridgehead atoms. The molecule has 1 saturated heterocycles. The first kappa shape index (κ1) is 8.23. The lowest BCUT2D eigenvalue weighted by atomic mass is 10.3. The van der Waals surface area contributed by atoms with Crippen molar-refractivity contribution in [1.29, 1.82) is 0 Å². The van der Waals surface area contributed by atoms with Crippen LogP contribution in [-0.4, -0.2) is 29.2 Å². The van der Waals surface area contributed by atoms with Gasteiger partial charge in [-0.05, 0) is 28.8 Å². The van der Waals surface area contributed by atoms with E-state index in [9.17, 15) is 5.11 Å². The smallest absolute Gasteiger partial charge is 0.0679 e. The van der Waals surface area contributed by atoms with Crippen LogP contribution in [0.15, 0.2) is 16.8 Å². The minimum atomic E-state index is -0.0939. The second-order valence-electron chi connectivity index (χ2n) is 3.31. The van der Waals surface area contributed by atoms with Crippen molar-refractivity contribution in [2.75, 3.05) is 13.1 Å². The Hall–Kier alpha value is -0.380. The van der Waals surface area contributed by atoms with Crippen LogP contribution in [0.1, 0.15) is 12.0 Å². The first-order valence-electron chi connectivity index (χ1n) is 4.26. The Balaban J connectivity index is 1.88. The Morgan fingerprint density at radius 3 is 3.17 bits per heavy atom. The molecule has 2 heterocycles. The molecule has 2 rings (SSSR count). The van der Waals surface area contributed by atoms with Crippen molar-refractivity contribution in [2.24, 2.45) is 0 Å². The number of aliphatic hydroxyl groups is 1. The quantitative estimate of drug-likeness (QED) is 0.747. The molecule has 2 nitrogen and oxygen atoms in total. The van der Waals surface area contributed by atoms with Crippen LogP contribution in [0, 0.1) is 0 Å². The van der Waals surface area contributed by atoms with Crippen LogP contribution in [-0.2, 0) is 6.54 Å². The second-order valence-corrected chi connectivity index (χ2v) is 4.09. The van der Waals surface area contributed by atoms with Crippen molar-refractivity contribution in [1.82, 2.24) is 4.90 Å². The maximum Gasteiger partial charge on any atom is 0.0679 e. The lowest BCUT2D eigenvalue weighted by Gasteiger charge is -2.12. The largest absolute Gasteiger partial charge is 0.392 e. The number of thiophene rings is 1. The molecule has 0 amide bonds. The van der Waals surface area contributed by atoms with E-state index in [0.717, 1.165) is 26.1 Å². The van der Waals surface area contributed by atoms with Crippen LogP contribution < -0.4 is 0 Å². The molecule has 0 unspecified atom stereocenters. The van der Waals surface area contributed by atoms with Gasteiger partial charge in [0.05, 0.1) is 6.10 Å². The first-order chi connectivity index (χ1) is 5.84. The zero-order valence-electron chi connectivity index (χ0n) is 6.94. The molecule has 66 valence electrons. The van der Waals surface area contributed by atoms with E-state index < -0.39 is 0 Å². The van der Waals surface area contributed by atoms with E-state index in [-0.39, 0.29) is 6.10 Å². The number of aliphatic hydroxyl groups excluding tert-OH is 1. The number of hydrogen-bond acceptors (Lipinski definition) is 3. The summed E-state index contributed by atoms with van der Waals surface area (Å²) in [5.41, 5.74) is 1.37. The normalized spacial score (nSPS) is 24.9. The summed E-state index contributed by atoms with van der Waals surface area (Å²) in [6.07, 6.45) is 0.841. The summed E-state index contributed by atoms with van der Waals surface area (Å²) in [6, 6.07) is 2.15. The van der Waals surface area contributed by atoms with E-state index in [2.05, 4.69) is 21.7 Å². The van der Waals surface area contributed by atoms with Gasteiger partial charge in [-0.15, -0.1) is 0 Å². The summed E-state index contributed by atoms with van der Waals surface area (Å²) in [4.78, 5) is 2.30. The molecule has 1 N–H and O–H groups in total. The summed E-state index contributed by atoms with van der Waals surface area (Å²) in [5.74, 6) is 0. The van der Waals surface area contributed by atoms with Gasteiger partial charge < -0.3 is 5.11 Å². The maximum absolute atomic E-state index is 9.29. The fraction of sp³-hybridized carbons (Fsp3) is 0.556. The van der Waals surface area contributed by atoms with Crippen molar-refractivity contribution < 1.29 is 5.11 Å². The van der Waals surface area contributed by atoms with Gasteiger partial charge in [0.15, 0.2) is 0 Å². The van der Waals surface area contributed by atoms with E-state index in [0.29, 0.717) is 0 Å². The number of likely N-dealkylation sites (tertiary alicyclic amines) is 1. The summed E-state index contributed by atoms with van der Waals surface area (Å²) in [6.45, 7) is 2.88. The Kier molecular flexibility index (Phi) is 2.44. The van der Waals surface area contributed by atoms with Crippen LogP contribution in [0.5, 0.6) is 0 Å². The van der Waals surface area contributed by atoms with Crippen LogP contribution >= 0.6 is 11.3 Å². The minimum Gasteiger partial charge on any atom is -0.392 e. The molecule has 1 fully saturated rings. The van der Waals surface area contributed by atoms with Gasteiger partial charge >= 0.3 is 0 Å². The number of nitrogens with zero attached hydrogens (tertiary/aromatic N) is 1. The molecule has 0 aliphatic carbocycles. The Labute approximate surface area is 76.4 Å². The predicted molar refractivity (Wildman–Crippen MR) is 50.2 cm³/mol. The summed E-state index contributed by atoms with van der Waals surface area (Å²) in [5, 5.41) is 13.6. The Morgan fingerprint density at radius 2 is 2.58 bits per heavy atom. The van der Waals surface area contributed by atoms with E-state index in [1.54, 1.807) is 11.3 Å². The van der Waals surface area contributed by atoms with Gasteiger partial charge in [-0.2, -0.15) is 11.3 Å². The molecule has 0 spiro atoms. The zero-order valence-corrected chi connectivity index (χ0v) is 7.76. The monoisotopic (exact) mass is 183 g/mol. The van der Waals surface area contributed by atoms with Crippen LogP contribution in [0.25, 0.3) is 0 Å². The molecule has 0 saturated carbocycles. The molecule has 1 aromatic rings. The number of hydrogen-bond donors (Lipinski definition) is 1. The van der Waals surface area contributed by atoms with Crippen molar-refractivity contribution in [3.63, 3.8) is 0 Å². The average molecular weight is 183 g/mol. The summed E-state index contributed by atoms with van der Waals surface area (Å²) in [7, 11) is 0. The third-order valence-electron chi connectivity index (χ3n) is 2.23. The average Bonchev–Trinajstić information content (AvgIpc) is 2.63. The Morgan fingerprint density at radius 1 is 1.67 bits per heavy atom. The van der Waals surface area contributed by atoms with Crippen LogP contribution in [0.3, 0.4) is 0 Å². The van der Waals surface area contributed by atoms with Gasteiger partial charge in [0.1, 0.15) is 0 Å². The third kappa shape index (κ3) is 1.86. The van der Waals surface area contributed by atoms with Gasteiger partial charge in [-0.3, -0.25) is 4.90 Å². The minimum absolute atomic E-state index is 0.0939.